The summed E-state index contributed by atoms with van der Waals surface area (Å²) in [5, 5.41) is 7.77. The van der Waals surface area contributed by atoms with Crippen LogP contribution in [0.2, 0.25) is 0 Å². The lowest BCUT2D eigenvalue weighted by Gasteiger charge is -1.96. The number of aryl methyl sites for hydroxylation is 2. The lowest BCUT2D eigenvalue weighted by Crippen LogP contribution is -1.89. The van der Waals surface area contributed by atoms with E-state index in [1.807, 2.05) is 19.9 Å². The maximum Gasteiger partial charge on any atom is 0.147 e. The molecule has 106 valence electrons. The summed E-state index contributed by atoms with van der Waals surface area (Å²) in [6.07, 6.45) is 0. The first-order valence-corrected chi connectivity index (χ1v) is 7.45. The quantitative estimate of drug-likeness (QED) is 0.706. The second-order valence-corrected chi connectivity index (χ2v) is 6.19. The van der Waals surface area contributed by atoms with Crippen molar-refractivity contribution >= 4 is 22.6 Å². The Kier molecular flexibility index (Phi) is 6.03. The minimum atomic E-state index is 0.462. The number of halogens is 1. The summed E-state index contributed by atoms with van der Waals surface area (Å²) in [5.41, 5.74) is 2.10. The van der Waals surface area contributed by atoms with Crippen LogP contribution in [-0.2, 0) is 0 Å². The molecule has 0 aliphatic carbocycles. The largest absolute Gasteiger partial charge is 0.361 e. The highest BCUT2D eigenvalue weighted by Crippen LogP contribution is 2.22. The van der Waals surface area contributed by atoms with E-state index < -0.39 is 0 Å². The van der Waals surface area contributed by atoms with Gasteiger partial charge in [0.25, 0.3) is 0 Å². The lowest BCUT2D eigenvalue weighted by molar-refractivity contribution is 0.387. The zero-order valence-electron chi connectivity index (χ0n) is 12.3. The SMILES string of the molecule is Cc1cc(C(C)C)no1.Cc1onc(C(C)C)c1I. The first-order valence-electron chi connectivity index (χ1n) is 6.37. The number of hydrogen-bond acceptors (Lipinski definition) is 4. The number of hydrogen-bond donors (Lipinski definition) is 0. The zero-order valence-corrected chi connectivity index (χ0v) is 14.5. The van der Waals surface area contributed by atoms with E-state index in [-0.39, 0.29) is 0 Å². The Morgan fingerprint density at radius 2 is 1.63 bits per heavy atom. The Morgan fingerprint density at radius 1 is 1.00 bits per heavy atom. The normalized spacial score (nSPS) is 10.8. The van der Waals surface area contributed by atoms with Crippen molar-refractivity contribution in [3.8, 4) is 0 Å². The van der Waals surface area contributed by atoms with E-state index in [1.54, 1.807) is 0 Å². The highest BCUT2D eigenvalue weighted by molar-refractivity contribution is 14.1. The predicted octanol–water partition coefficient (Wildman–Crippen LogP) is 4.82. The Labute approximate surface area is 128 Å². The van der Waals surface area contributed by atoms with Gasteiger partial charge in [0.05, 0.1) is 15.0 Å². The third kappa shape index (κ3) is 4.63. The minimum absolute atomic E-state index is 0.462. The van der Waals surface area contributed by atoms with Gasteiger partial charge < -0.3 is 9.05 Å². The summed E-state index contributed by atoms with van der Waals surface area (Å²) in [5.74, 6) is 2.75. The second-order valence-electron chi connectivity index (χ2n) is 5.11. The van der Waals surface area contributed by atoms with Crippen LogP contribution in [0, 0.1) is 17.4 Å². The average Bonchev–Trinajstić information content (AvgIpc) is 2.88. The van der Waals surface area contributed by atoms with Gasteiger partial charge in [-0.1, -0.05) is 38.0 Å². The first-order chi connectivity index (χ1) is 8.82. The molecule has 0 aromatic carbocycles. The van der Waals surface area contributed by atoms with Crippen LogP contribution >= 0.6 is 22.6 Å². The van der Waals surface area contributed by atoms with Gasteiger partial charge in [-0.15, -0.1) is 0 Å². The molecular weight excluding hydrogens is 355 g/mol. The second kappa shape index (κ2) is 7.07. The Morgan fingerprint density at radius 3 is 1.84 bits per heavy atom. The van der Waals surface area contributed by atoms with E-state index in [4.69, 9.17) is 9.05 Å². The minimum Gasteiger partial charge on any atom is -0.361 e. The van der Waals surface area contributed by atoms with Crippen molar-refractivity contribution in [1.82, 2.24) is 10.3 Å². The van der Waals surface area contributed by atoms with Crippen LogP contribution in [-0.4, -0.2) is 10.3 Å². The van der Waals surface area contributed by atoms with Crippen LogP contribution in [0.15, 0.2) is 15.1 Å². The maximum absolute atomic E-state index is 5.00. The van der Waals surface area contributed by atoms with E-state index in [1.165, 1.54) is 0 Å². The van der Waals surface area contributed by atoms with Crippen LogP contribution in [0.1, 0.15) is 62.4 Å². The fraction of sp³-hybridized carbons (Fsp3) is 0.571. The van der Waals surface area contributed by atoms with Crippen LogP contribution in [0.25, 0.3) is 0 Å². The van der Waals surface area contributed by atoms with Crippen LogP contribution in [0.3, 0.4) is 0 Å². The van der Waals surface area contributed by atoms with Crippen molar-refractivity contribution in [2.75, 3.05) is 0 Å². The summed E-state index contributed by atoms with van der Waals surface area (Å²) < 4.78 is 11.0. The Balaban J connectivity index is 0.000000191. The lowest BCUT2D eigenvalue weighted by atomic mass is 10.1. The molecule has 0 saturated heterocycles. The third-order valence-corrected chi connectivity index (χ3v) is 3.91. The fourth-order valence-corrected chi connectivity index (χ4v) is 2.21. The van der Waals surface area contributed by atoms with Crippen LogP contribution in [0.5, 0.6) is 0 Å². The maximum atomic E-state index is 5.00. The molecule has 2 aromatic rings. The smallest absolute Gasteiger partial charge is 0.147 e. The molecule has 0 amide bonds. The summed E-state index contributed by atoms with van der Waals surface area (Å²) in [6.45, 7) is 12.2. The molecule has 0 atom stereocenters. The summed E-state index contributed by atoms with van der Waals surface area (Å²) in [6, 6.07) is 1.96. The van der Waals surface area contributed by atoms with Gasteiger partial charge in [-0.05, 0) is 42.4 Å². The molecule has 0 N–H and O–H groups in total. The molecule has 0 bridgehead atoms. The molecule has 2 heterocycles. The van der Waals surface area contributed by atoms with E-state index in [2.05, 4.69) is 60.6 Å². The fourth-order valence-electron chi connectivity index (χ4n) is 1.39. The van der Waals surface area contributed by atoms with Gasteiger partial charge in [0.1, 0.15) is 11.5 Å². The number of aromatic nitrogens is 2. The predicted molar refractivity (Wildman–Crippen MR) is 83.4 cm³/mol. The van der Waals surface area contributed by atoms with Crippen molar-refractivity contribution < 1.29 is 9.05 Å². The highest BCUT2D eigenvalue weighted by atomic mass is 127. The van der Waals surface area contributed by atoms with Gasteiger partial charge in [-0.3, -0.25) is 0 Å². The van der Waals surface area contributed by atoms with Gasteiger partial charge >= 0.3 is 0 Å². The van der Waals surface area contributed by atoms with Crippen LogP contribution < -0.4 is 0 Å². The molecule has 0 aliphatic rings. The van der Waals surface area contributed by atoms with Crippen molar-refractivity contribution in [2.24, 2.45) is 0 Å². The van der Waals surface area contributed by atoms with E-state index in [0.29, 0.717) is 11.8 Å². The van der Waals surface area contributed by atoms with Gasteiger partial charge in [0, 0.05) is 12.0 Å². The van der Waals surface area contributed by atoms with Gasteiger partial charge in [0.2, 0.25) is 0 Å². The molecule has 5 heteroatoms. The van der Waals surface area contributed by atoms with Gasteiger partial charge in [-0.2, -0.15) is 0 Å². The van der Waals surface area contributed by atoms with Crippen molar-refractivity contribution in [1.29, 1.82) is 0 Å². The monoisotopic (exact) mass is 376 g/mol. The van der Waals surface area contributed by atoms with Crippen molar-refractivity contribution in [3.05, 3.63) is 32.5 Å². The molecule has 0 fully saturated rings. The molecule has 0 radical (unpaired) electrons. The molecule has 2 aromatic heterocycles. The van der Waals surface area contributed by atoms with E-state index >= 15 is 0 Å². The van der Waals surface area contributed by atoms with E-state index in [9.17, 15) is 0 Å². The molecule has 0 spiro atoms. The Bertz CT molecular complexity index is 515. The molecule has 4 nitrogen and oxygen atoms in total. The summed E-state index contributed by atoms with van der Waals surface area (Å²) in [7, 11) is 0. The average molecular weight is 376 g/mol. The van der Waals surface area contributed by atoms with Crippen molar-refractivity contribution in [3.63, 3.8) is 0 Å². The topological polar surface area (TPSA) is 52.1 Å². The van der Waals surface area contributed by atoms with E-state index in [0.717, 1.165) is 26.5 Å². The van der Waals surface area contributed by atoms with Gasteiger partial charge in [0.15, 0.2) is 0 Å². The molecule has 0 unspecified atom stereocenters. The molecule has 0 saturated carbocycles. The Hall–Kier alpha value is -0.850. The molecule has 19 heavy (non-hydrogen) atoms. The molecular formula is C14H21IN2O2. The highest BCUT2D eigenvalue weighted by Gasteiger charge is 2.11. The molecule has 2 rings (SSSR count). The van der Waals surface area contributed by atoms with Gasteiger partial charge in [-0.25, -0.2) is 0 Å². The van der Waals surface area contributed by atoms with Crippen molar-refractivity contribution in [2.45, 2.75) is 53.4 Å². The first kappa shape index (κ1) is 16.2. The summed E-state index contributed by atoms with van der Waals surface area (Å²) >= 11 is 2.26. The van der Waals surface area contributed by atoms with Crippen LogP contribution in [0.4, 0.5) is 0 Å². The third-order valence-electron chi connectivity index (χ3n) is 2.60. The standard InChI is InChI=1S/C7H10INO.C7H11NO/c1-4(2)7-6(8)5(3)10-9-7;1-5(2)7-4-6(3)9-8-7/h4H,1-3H3;4-5H,1-3H3. The zero-order chi connectivity index (χ0) is 14.6. The number of rotatable bonds is 2. The number of nitrogens with zero attached hydrogens (tertiary/aromatic N) is 2. The molecule has 0 aliphatic heterocycles. The summed E-state index contributed by atoms with van der Waals surface area (Å²) in [4.78, 5) is 0.